The molecular formula is C20H18F3N3O3. The lowest BCUT2D eigenvalue weighted by Crippen LogP contribution is -2.51. The van der Waals surface area contributed by atoms with Gasteiger partial charge in [-0.15, -0.1) is 0 Å². The van der Waals surface area contributed by atoms with E-state index >= 15 is 0 Å². The summed E-state index contributed by atoms with van der Waals surface area (Å²) in [5.74, 6) is -1.17. The summed E-state index contributed by atoms with van der Waals surface area (Å²) in [6, 6.07) is 9.75. The minimum absolute atomic E-state index is 0.0201. The van der Waals surface area contributed by atoms with Crippen LogP contribution < -0.4 is 20.7 Å². The van der Waals surface area contributed by atoms with Gasteiger partial charge in [0.2, 0.25) is 5.91 Å². The molecule has 152 valence electrons. The molecule has 1 aliphatic rings. The first kappa shape index (κ1) is 20.2. The summed E-state index contributed by atoms with van der Waals surface area (Å²) in [4.78, 5) is 24.9. The zero-order valence-electron chi connectivity index (χ0n) is 15.3. The number of benzene rings is 2. The minimum Gasteiger partial charge on any atom is -0.496 e. The molecule has 0 unspecified atom stereocenters. The van der Waals surface area contributed by atoms with Gasteiger partial charge in [-0.05, 0) is 24.3 Å². The fourth-order valence-electron chi connectivity index (χ4n) is 3.17. The van der Waals surface area contributed by atoms with E-state index in [4.69, 9.17) is 4.74 Å². The Kier molecular flexibility index (Phi) is 5.49. The molecule has 6 nitrogen and oxygen atoms in total. The fourth-order valence-corrected chi connectivity index (χ4v) is 3.17. The highest BCUT2D eigenvalue weighted by molar-refractivity contribution is 5.97. The molecule has 3 N–H and O–H groups in total. The van der Waals surface area contributed by atoms with Gasteiger partial charge in [-0.25, -0.2) is 4.79 Å². The molecule has 0 saturated carbocycles. The van der Waals surface area contributed by atoms with Crippen LogP contribution in [0.5, 0.6) is 5.75 Å². The molecule has 0 bridgehead atoms. The summed E-state index contributed by atoms with van der Waals surface area (Å²) in [6.07, 6.45) is -4.54. The van der Waals surface area contributed by atoms with Gasteiger partial charge in [-0.1, -0.05) is 30.8 Å². The van der Waals surface area contributed by atoms with E-state index in [1.54, 1.807) is 24.3 Å². The summed E-state index contributed by atoms with van der Waals surface area (Å²) in [6.45, 7) is 3.74. The summed E-state index contributed by atoms with van der Waals surface area (Å²) >= 11 is 0. The number of ether oxygens (including phenoxy) is 1. The number of halogens is 3. The molecule has 1 aliphatic heterocycles. The Balaban J connectivity index is 1.92. The average molecular weight is 405 g/mol. The van der Waals surface area contributed by atoms with Gasteiger partial charge in [0.1, 0.15) is 11.7 Å². The predicted octanol–water partition coefficient (Wildman–Crippen LogP) is 3.84. The van der Waals surface area contributed by atoms with Crippen LogP contribution in [0.15, 0.2) is 60.8 Å². The molecule has 0 radical (unpaired) electrons. The van der Waals surface area contributed by atoms with Crippen LogP contribution in [0.2, 0.25) is 0 Å². The van der Waals surface area contributed by atoms with Crippen molar-refractivity contribution in [2.75, 3.05) is 12.4 Å². The second kappa shape index (κ2) is 7.86. The van der Waals surface area contributed by atoms with Gasteiger partial charge in [0.25, 0.3) is 0 Å². The average Bonchev–Trinajstić information content (AvgIpc) is 2.66. The maximum atomic E-state index is 12.9. The number of amides is 3. The number of anilines is 1. The molecule has 1 fully saturated rings. The topological polar surface area (TPSA) is 79.5 Å². The lowest BCUT2D eigenvalue weighted by molar-refractivity contribution is -0.137. The highest BCUT2D eigenvalue weighted by Crippen LogP contribution is 2.36. The van der Waals surface area contributed by atoms with Crippen molar-refractivity contribution in [3.8, 4) is 5.75 Å². The van der Waals surface area contributed by atoms with Gasteiger partial charge in [0.15, 0.2) is 0 Å². The van der Waals surface area contributed by atoms with Crippen LogP contribution in [-0.4, -0.2) is 19.0 Å². The Morgan fingerprint density at radius 3 is 2.59 bits per heavy atom. The number of urea groups is 1. The highest BCUT2D eigenvalue weighted by atomic mass is 19.4. The first-order valence-electron chi connectivity index (χ1n) is 8.58. The number of carbonyl (C=O) groups excluding carboxylic acids is 2. The monoisotopic (exact) mass is 405 g/mol. The Bertz CT molecular complexity index is 959. The van der Waals surface area contributed by atoms with E-state index in [1.165, 1.54) is 19.2 Å². The molecule has 2 aromatic carbocycles. The largest absolute Gasteiger partial charge is 0.496 e. The van der Waals surface area contributed by atoms with E-state index in [2.05, 4.69) is 22.5 Å². The third-order valence-electron chi connectivity index (χ3n) is 4.48. The standard InChI is InChI=1S/C20H18F3N3O3/c1-11-16(18(27)25-13-7-5-6-12(10-13)20(21,22)23)17(26-19(28)24-11)14-8-3-4-9-15(14)29-2/h3-10,16-17H,1H2,2H3,(H,25,27)(H2,24,26,28)/t16-,17+/m1/s1. The zero-order valence-corrected chi connectivity index (χ0v) is 15.3. The second-order valence-corrected chi connectivity index (χ2v) is 6.39. The van der Waals surface area contributed by atoms with Crippen molar-refractivity contribution in [2.24, 2.45) is 5.92 Å². The van der Waals surface area contributed by atoms with Crippen LogP contribution in [0.1, 0.15) is 17.2 Å². The lowest BCUT2D eigenvalue weighted by atomic mass is 9.87. The predicted molar refractivity (Wildman–Crippen MR) is 100 cm³/mol. The van der Waals surface area contributed by atoms with Crippen LogP contribution in [0.4, 0.5) is 23.7 Å². The Morgan fingerprint density at radius 1 is 1.17 bits per heavy atom. The van der Waals surface area contributed by atoms with Crippen LogP contribution in [0, 0.1) is 5.92 Å². The number of hydrogen-bond donors (Lipinski definition) is 3. The van der Waals surface area contributed by atoms with Crippen LogP contribution in [0.3, 0.4) is 0 Å². The van der Waals surface area contributed by atoms with Crippen molar-refractivity contribution < 1.29 is 27.5 Å². The molecular weight excluding hydrogens is 387 g/mol. The number of para-hydroxylation sites is 1. The SMILES string of the molecule is C=C1NC(=O)N[C@@H](c2ccccc2OC)[C@@H]1C(=O)Nc1cccc(C(F)(F)F)c1. The van der Waals surface area contributed by atoms with Crippen molar-refractivity contribution in [3.63, 3.8) is 0 Å². The first-order valence-corrected chi connectivity index (χ1v) is 8.58. The Morgan fingerprint density at radius 2 is 1.90 bits per heavy atom. The summed E-state index contributed by atoms with van der Waals surface area (Å²) in [5.41, 5.74) is -0.247. The quantitative estimate of drug-likeness (QED) is 0.723. The summed E-state index contributed by atoms with van der Waals surface area (Å²) < 4.78 is 44.1. The molecule has 2 aromatic rings. The van der Waals surface area contributed by atoms with Gasteiger partial charge < -0.3 is 20.7 Å². The van der Waals surface area contributed by atoms with E-state index in [0.29, 0.717) is 11.3 Å². The van der Waals surface area contributed by atoms with Gasteiger partial charge >= 0.3 is 12.2 Å². The van der Waals surface area contributed by atoms with Crippen molar-refractivity contribution in [1.29, 1.82) is 0 Å². The van der Waals surface area contributed by atoms with Crippen LogP contribution in [0.25, 0.3) is 0 Å². The number of rotatable bonds is 4. The van der Waals surface area contributed by atoms with Gasteiger partial charge in [-0.3, -0.25) is 4.79 Å². The minimum atomic E-state index is -4.54. The second-order valence-electron chi connectivity index (χ2n) is 6.39. The molecule has 1 heterocycles. The van der Waals surface area contributed by atoms with Crippen molar-refractivity contribution in [2.45, 2.75) is 12.2 Å². The van der Waals surface area contributed by atoms with Gasteiger partial charge in [0.05, 0.1) is 18.7 Å². The Hall–Kier alpha value is -3.49. The van der Waals surface area contributed by atoms with Crippen LogP contribution in [-0.2, 0) is 11.0 Å². The summed E-state index contributed by atoms with van der Waals surface area (Å²) in [7, 11) is 1.45. The lowest BCUT2D eigenvalue weighted by Gasteiger charge is -2.34. The fraction of sp³-hybridized carbons (Fsp3) is 0.200. The van der Waals surface area contributed by atoms with Gasteiger partial charge in [0, 0.05) is 16.9 Å². The molecule has 29 heavy (non-hydrogen) atoms. The molecule has 2 atom stereocenters. The number of alkyl halides is 3. The number of hydrogen-bond acceptors (Lipinski definition) is 3. The van der Waals surface area contributed by atoms with Crippen molar-refractivity contribution in [3.05, 3.63) is 71.9 Å². The normalized spacial score (nSPS) is 19.2. The Labute approximate surface area is 164 Å². The zero-order chi connectivity index (χ0) is 21.2. The van der Waals surface area contributed by atoms with E-state index in [0.717, 1.165) is 12.1 Å². The maximum Gasteiger partial charge on any atom is 0.416 e. The third-order valence-corrected chi connectivity index (χ3v) is 4.48. The molecule has 1 saturated heterocycles. The number of carbonyl (C=O) groups is 2. The number of nitrogens with one attached hydrogen (secondary N) is 3. The van der Waals surface area contributed by atoms with Crippen LogP contribution >= 0.6 is 0 Å². The van der Waals surface area contributed by atoms with E-state index in [9.17, 15) is 22.8 Å². The molecule has 9 heteroatoms. The molecule has 3 rings (SSSR count). The van der Waals surface area contributed by atoms with Crippen molar-refractivity contribution >= 4 is 17.6 Å². The number of methoxy groups -OCH3 is 1. The highest BCUT2D eigenvalue weighted by Gasteiger charge is 2.39. The summed E-state index contributed by atoms with van der Waals surface area (Å²) in [5, 5.41) is 7.58. The molecule has 0 aliphatic carbocycles. The van der Waals surface area contributed by atoms with E-state index in [1.807, 2.05) is 0 Å². The van der Waals surface area contributed by atoms with E-state index in [-0.39, 0.29) is 11.4 Å². The van der Waals surface area contributed by atoms with Gasteiger partial charge in [-0.2, -0.15) is 13.2 Å². The molecule has 0 aromatic heterocycles. The smallest absolute Gasteiger partial charge is 0.416 e. The van der Waals surface area contributed by atoms with Crippen molar-refractivity contribution in [1.82, 2.24) is 10.6 Å². The first-order chi connectivity index (χ1) is 13.7. The third kappa shape index (κ3) is 4.34. The maximum absolute atomic E-state index is 12.9. The molecule has 0 spiro atoms. The molecule has 3 amide bonds. The van der Waals surface area contributed by atoms with E-state index < -0.39 is 35.6 Å².